The molecule has 6 rings (SSSR count). The molecule has 4 heterocycles. The summed E-state index contributed by atoms with van der Waals surface area (Å²) in [7, 11) is 0. The molecule has 0 N–H and O–H groups in total. The number of ether oxygens (including phenoxy) is 2. The van der Waals surface area contributed by atoms with E-state index in [1.165, 1.54) is 22.9 Å². The van der Waals surface area contributed by atoms with E-state index in [0.717, 1.165) is 52.1 Å². The summed E-state index contributed by atoms with van der Waals surface area (Å²) in [5.41, 5.74) is 2.42. The monoisotopic (exact) mass is 516 g/mol. The molecule has 3 aromatic rings. The van der Waals surface area contributed by atoms with Crippen LogP contribution in [0.2, 0.25) is 0 Å². The van der Waals surface area contributed by atoms with E-state index in [-0.39, 0.29) is 18.4 Å². The molecule has 0 spiro atoms. The van der Waals surface area contributed by atoms with Crippen LogP contribution in [-0.4, -0.2) is 83.1 Å². The van der Waals surface area contributed by atoms with Gasteiger partial charge in [-0.2, -0.15) is 0 Å². The van der Waals surface area contributed by atoms with Crippen LogP contribution < -0.4 is 9.47 Å². The predicted octanol–water partition coefficient (Wildman–Crippen LogP) is 3.53. The number of para-hydroxylation sites is 3. The molecule has 3 aliphatic heterocycles. The summed E-state index contributed by atoms with van der Waals surface area (Å²) in [4.78, 5) is 32.2. The molecular formula is C30H36N4O4. The maximum absolute atomic E-state index is 13.1. The van der Waals surface area contributed by atoms with Gasteiger partial charge in [-0.15, -0.1) is 0 Å². The number of carbonyl (C=O) groups is 2. The Balaban J connectivity index is 1.05. The van der Waals surface area contributed by atoms with Crippen LogP contribution in [0.5, 0.6) is 11.5 Å². The van der Waals surface area contributed by atoms with Crippen molar-refractivity contribution >= 4 is 22.7 Å². The van der Waals surface area contributed by atoms with Crippen LogP contribution in [0.1, 0.15) is 31.2 Å². The number of benzene rings is 2. The summed E-state index contributed by atoms with van der Waals surface area (Å²) in [6.45, 7) is 5.74. The first-order chi connectivity index (χ1) is 18.7. The van der Waals surface area contributed by atoms with Gasteiger partial charge < -0.3 is 23.8 Å². The number of aryl methyl sites for hydroxylation is 1. The van der Waals surface area contributed by atoms with Gasteiger partial charge >= 0.3 is 0 Å². The smallest absolute Gasteiger partial charge is 0.267 e. The van der Waals surface area contributed by atoms with E-state index < -0.39 is 6.10 Å². The van der Waals surface area contributed by atoms with Crippen LogP contribution in [0.15, 0.2) is 54.7 Å². The maximum Gasteiger partial charge on any atom is 0.267 e. The summed E-state index contributed by atoms with van der Waals surface area (Å²) in [6, 6.07) is 15.9. The molecule has 2 aromatic carbocycles. The molecule has 0 bridgehead atoms. The molecule has 200 valence electrons. The molecule has 2 saturated heterocycles. The molecule has 0 saturated carbocycles. The predicted molar refractivity (Wildman–Crippen MR) is 145 cm³/mol. The van der Waals surface area contributed by atoms with Crippen LogP contribution in [0.4, 0.5) is 0 Å². The van der Waals surface area contributed by atoms with Crippen LogP contribution in [-0.2, 0) is 22.7 Å². The molecule has 0 unspecified atom stereocenters. The normalized spacial score (nSPS) is 20.1. The van der Waals surface area contributed by atoms with Crippen molar-refractivity contribution < 1.29 is 19.1 Å². The minimum atomic E-state index is -0.597. The average Bonchev–Trinajstić information content (AvgIpc) is 3.33. The van der Waals surface area contributed by atoms with Crippen molar-refractivity contribution in [3.63, 3.8) is 0 Å². The highest BCUT2D eigenvalue weighted by Crippen LogP contribution is 2.31. The second kappa shape index (κ2) is 11.1. The zero-order valence-corrected chi connectivity index (χ0v) is 21.9. The molecule has 3 aliphatic rings. The van der Waals surface area contributed by atoms with Gasteiger partial charge in [-0.3, -0.25) is 14.5 Å². The number of carbonyl (C=O) groups excluding carboxylic acids is 2. The van der Waals surface area contributed by atoms with Crippen molar-refractivity contribution in [1.82, 2.24) is 19.3 Å². The van der Waals surface area contributed by atoms with Gasteiger partial charge in [-0.05, 0) is 49.4 Å². The van der Waals surface area contributed by atoms with Gasteiger partial charge in [0.25, 0.3) is 5.91 Å². The fourth-order valence-electron chi connectivity index (χ4n) is 5.85. The van der Waals surface area contributed by atoms with Gasteiger partial charge in [0.15, 0.2) is 11.5 Å². The first-order valence-electron chi connectivity index (χ1n) is 13.9. The van der Waals surface area contributed by atoms with Gasteiger partial charge in [0.2, 0.25) is 12.0 Å². The quantitative estimate of drug-likeness (QED) is 0.502. The first kappa shape index (κ1) is 24.8. The van der Waals surface area contributed by atoms with E-state index in [1.807, 2.05) is 34.1 Å². The molecule has 1 aromatic heterocycles. The standard InChI is InChI=1S/C30H36N4O4/c35-29(32-14-6-1-7-15-32)13-12-23-20-34(25-9-3-2-8-24(23)25)22-31-16-18-33(19-17-31)30(36)28-21-37-26-10-4-5-11-27(26)38-28/h2-5,8-11,20,28H,1,6-7,12-19,21-22H2/t28-/m1/s1. The Morgan fingerprint density at radius 2 is 1.55 bits per heavy atom. The largest absolute Gasteiger partial charge is 0.485 e. The Bertz CT molecular complexity index is 1290. The van der Waals surface area contributed by atoms with Crippen LogP contribution in [0.3, 0.4) is 0 Å². The van der Waals surface area contributed by atoms with Gasteiger partial charge in [0, 0.05) is 62.8 Å². The first-order valence-corrected chi connectivity index (χ1v) is 13.9. The highest BCUT2D eigenvalue weighted by atomic mass is 16.6. The van der Waals surface area contributed by atoms with Gasteiger partial charge in [0.1, 0.15) is 6.61 Å². The number of hydrogen-bond donors (Lipinski definition) is 0. The number of hydrogen-bond acceptors (Lipinski definition) is 5. The summed E-state index contributed by atoms with van der Waals surface area (Å²) in [5, 5.41) is 1.22. The summed E-state index contributed by atoms with van der Waals surface area (Å²) >= 11 is 0. The summed E-state index contributed by atoms with van der Waals surface area (Å²) < 4.78 is 14.0. The third-order valence-corrected chi connectivity index (χ3v) is 8.01. The Labute approximate surface area is 223 Å². The molecule has 0 aliphatic carbocycles. The second-order valence-corrected chi connectivity index (χ2v) is 10.5. The van der Waals surface area contributed by atoms with Crippen LogP contribution >= 0.6 is 0 Å². The Morgan fingerprint density at radius 3 is 2.37 bits per heavy atom. The minimum absolute atomic E-state index is 0.00812. The lowest BCUT2D eigenvalue weighted by Crippen LogP contribution is -2.54. The lowest BCUT2D eigenvalue weighted by atomic mass is 10.1. The molecule has 8 nitrogen and oxygen atoms in total. The van der Waals surface area contributed by atoms with Gasteiger partial charge in [-0.25, -0.2) is 0 Å². The lowest BCUT2D eigenvalue weighted by Gasteiger charge is -2.37. The zero-order valence-electron chi connectivity index (χ0n) is 21.9. The molecule has 2 fully saturated rings. The number of aromatic nitrogens is 1. The SMILES string of the molecule is O=C(CCc1cn(CN2CCN(C(=O)[C@H]3COc4ccccc4O3)CC2)c2ccccc12)N1CCCCC1. The summed E-state index contributed by atoms with van der Waals surface area (Å²) in [6.07, 6.45) is 6.43. The van der Waals surface area contributed by atoms with Crippen molar-refractivity contribution in [1.29, 1.82) is 0 Å². The number of rotatable bonds is 6. The third kappa shape index (κ3) is 5.23. The van der Waals surface area contributed by atoms with E-state index >= 15 is 0 Å². The molecule has 2 amide bonds. The van der Waals surface area contributed by atoms with Crippen molar-refractivity contribution in [3.05, 3.63) is 60.3 Å². The average molecular weight is 517 g/mol. The fraction of sp³-hybridized carbons (Fsp3) is 0.467. The van der Waals surface area contributed by atoms with Gasteiger partial charge in [0.05, 0.1) is 6.67 Å². The fourth-order valence-corrected chi connectivity index (χ4v) is 5.85. The highest BCUT2D eigenvalue weighted by Gasteiger charge is 2.32. The molecule has 1 atom stereocenters. The van der Waals surface area contributed by atoms with E-state index in [2.05, 4.69) is 39.9 Å². The van der Waals surface area contributed by atoms with E-state index in [1.54, 1.807) is 0 Å². The number of piperazine rings is 1. The molecule has 38 heavy (non-hydrogen) atoms. The topological polar surface area (TPSA) is 67.2 Å². The van der Waals surface area contributed by atoms with Crippen molar-refractivity contribution in [3.8, 4) is 11.5 Å². The number of nitrogens with zero attached hydrogens (tertiary/aromatic N) is 4. The summed E-state index contributed by atoms with van der Waals surface area (Å²) in [5.74, 6) is 1.59. The van der Waals surface area contributed by atoms with E-state index in [0.29, 0.717) is 31.0 Å². The highest BCUT2D eigenvalue weighted by molar-refractivity contribution is 5.85. The number of likely N-dealkylation sites (tertiary alicyclic amines) is 1. The molecule has 8 heteroatoms. The third-order valence-electron chi connectivity index (χ3n) is 8.01. The number of piperidine rings is 1. The van der Waals surface area contributed by atoms with Crippen LogP contribution in [0, 0.1) is 0 Å². The van der Waals surface area contributed by atoms with Crippen molar-refractivity contribution in [2.75, 3.05) is 45.9 Å². The second-order valence-electron chi connectivity index (χ2n) is 10.5. The number of fused-ring (bicyclic) bond motifs is 2. The van der Waals surface area contributed by atoms with Gasteiger partial charge in [-0.1, -0.05) is 30.3 Å². The minimum Gasteiger partial charge on any atom is -0.485 e. The Morgan fingerprint density at radius 1 is 0.816 bits per heavy atom. The Kier molecular flexibility index (Phi) is 7.22. The molecular weight excluding hydrogens is 480 g/mol. The number of amides is 2. The Hall–Kier alpha value is -3.52. The molecule has 0 radical (unpaired) electrons. The lowest BCUT2D eigenvalue weighted by molar-refractivity contribution is -0.143. The van der Waals surface area contributed by atoms with E-state index in [4.69, 9.17) is 9.47 Å². The van der Waals surface area contributed by atoms with Crippen molar-refractivity contribution in [2.24, 2.45) is 0 Å². The van der Waals surface area contributed by atoms with E-state index in [9.17, 15) is 9.59 Å². The van der Waals surface area contributed by atoms with Crippen molar-refractivity contribution in [2.45, 2.75) is 44.9 Å². The maximum atomic E-state index is 13.1. The van der Waals surface area contributed by atoms with Crippen LogP contribution in [0.25, 0.3) is 10.9 Å². The zero-order chi connectivity index (χ0) is 25.9.